The Hall–Kier alpha value is -1.29. The standard InChI is InChI=1S/C21H30O4/c1-13(23)17-6-7-18(21(17,3)10-11-22)16-5-4-14-12-15(24)8-9-20(14,2)19(16)25/h12,16-18,22H,4-11H2,1-3H3/t16-,17+,18-,20-,21+/m0/s1. The molecule has 0 spiro atoms. The van der Waals surface area contributed by atoms with Gasteiger partial charge in [0.2, 0.25) is 0 Å². The molecule has 0 bridgehead atoms. The van der Waals surface area contributed by atoms with Crippen LogP contribution in [-0.4, -0.2) is 29.1 Å². The first-order valence-electron chi connectivity index (χ1n) is 9.63. The Kier molecular flexibility index (Phi) is 4.78. The van der Waals surface area contributed by atoms with Gasteiger partial charge in [-0.25, -0.2) is 0 Å². The molecule has 25 heavy (non-hydrogen) atoms. The van der Waals surface area contributed by atoms with Crippen LogP contribution in [0.3, 0.4) is 0 Å². The normalized spacial score (nSPS) is 41.4. The van der Waals surface area contributed by atoms with Crippen molar-refractivity contribution in [2.24, 2.45) is 28.6 Å². The highest BCUT2D eigenvalue weighted by molar-refractivity contribution is 5.98. The topological polar surface area (TPSA) is 71.4 Å². The van der Waals surface area contributed by atoms with Crippen molar-refractivity contribution in [3.8, 4) is 0 Å². The van der Waals surface area contributed by atoms with Crippen LogP contribution in [0.4, 0.5) is 0 Å². The van der Waals surface area contributed by atoms with Crippen LogP contribution < -0.4 is 0 Å². The number of rotatable bonds is 4. The number of Topliss-reactive ketones (excluding diaryl/α,β-unsaturated/α-hetero) is 2. The van der Waals surface area contributed by atoms with Crippen LogP contribution in [0.25, 0.3) is 0 Å². The summed E-state index contributed by atoms with van der Waals surface area (Å²) in [5.74, 6) is 0.609. The summed E-state index contributed by atoms with van der Waals surface area (Å²) in [5, 5.41) is 9.60. The van der Waals surface area contributed by atoms with Crippen LogP contribution in [0.2, 0.25) is 0 Å². The summed E-state index contributed by atoms with van der Waals surface area (Å²) in [5.41, 5.74) is 0.198. The summed E-state index contributed by atoms with van der Waals surface area (Å²) in [6.45, 7) is 5.79. The molecule has 0 aromatic rings. The van der Waals surface area contributed by atoms with E-state index in [9.17, 15) is 19.5 Å². The molecule has 4 nitrogen and oxygen atoms in total. The van der Waals surface area contributed by atoms with Gasteiger partial charge in [0.05, 0.1) is 0 Å². The zero-order valence-electron chi connectivity index (χ0n) is 15.6. The second-order valence-electron chi connectivity index (χ2n) is 8.80. The molecule has 2 fully saturated rings. The zero-order chi connectivity index (χ0) is 18.4. The van der Waals surface area contributed by atoms with Crippen LogP contribution in [-0.2, 0) is 14.4 Å². The van der Waals surface area contributed by atoms with Gasteiger partial charge in [-0.2, -0.15) is 0 Å². The molecule has 0 amide bonds. The Labute approximate surface area is 150 Å². The maximum atomic E-state index is 13.4. The molecular formula is C21H30O4. The number of fused-ring (bicyclic) bond motifs is 1. The van der Waals surface area contributed by atoms with Gasteiger partial charge >= 0.3 is 0 Å². The van der Waals surface area contributed by atoms with Gasteiger partial charge in [-0.15, -0.1) is 0 Å². The Morgan fingerprint density at radius 1 is 1.20 bits per heavy atom. The van der Waals surface area contributed by atoms with Gasteiger partial charge in [0, 0.05) is 30.3 Å². The maximum Gasteiger partial charge on any atom is 0.155 e. The van der Waals surface area contributed by atoms with Crippen LogP contribution in [0.15, 0.2) is 11.6 Å². The van der Waals surface area contributed by atoms with Gasteiger partial charge in [0.15, 0.2) is 5.78 Å². The zero-order valence-corrected chi connectivity index (χ0v) is 15.6. The molecule has 0 aromatic heterocycles. The molecule has 0 radical (unpaired) electrons. The fraction of sp³-hybridized carbons (Fsp3) is 0.762. The Morgan fingerprint density at radius 3 is 2.56 bits per heavy atom. The predicted molar refractivity (Wildman–Crippen MR) is 94.9 cm³/mol. The molecule has 5 atom stereocenters. The molecule has 4 heteroatoms. The van der Waals surface area contributed by atoms with E-state index in [0.29, 0.717) is 19.3 Å². The summed E-state index contributed by atoms with van der Waals surface area (Å²) in [4.78, 5) is 37.4. The number of hydrogen-bond acceptors (Lipinski definition) is 4. The third-order valence-corrected chi connectivity index (χ3v) is 7.56. The first-order valence-corrected chi connectivity index (χ1v) is 9.63. The number of ketones is 3. The molecule has 0 aromatic carbocycles. The highest BCUT2D eigenvalue weighted by atomic mass is 16.3. The van der Waals surface area contributed by atoms with E-state index in [0.717, 1.165) is 31.3 Å². The van der Waals surface area contributed by atoms with Gasteiger partial charge in [-0.1, -0.05) is 12.5 Å². The summed E-state index contributed by atoms with van der Waals surface area (Å²) in [7, 11) is 0. The number of carbonyl (C=O) groups excluding carboxylic acids is 3. The number of carbonyl (C=O) groups is 3. The van der Waals surface area contributed by atoms with Crippen molar-refractivity contribution in [3.63, 3.8) is 0 Å². The Bertz CT molecular complexity index is 634. The smallest absolute Gasteiger partial charge is 0.155 e. The van der Waals surface area contributed by atoms with Crippen molar-refractivity contribution in [1.29, 1.82) is 0 Å². The molecule has 0 unspecified atom stereocenters. The first-order chi connectivity index (χ1) is 11.7. The monoisotopic (exact) mass is 346 g/mol. The van der Waals surface area contributed by atoms with Crippen molar-refractivity contribution < 1.29 is 19.5 Å². The van der Waals surface area contributed by atoms with Gasteiger partial charge in [-0.3, -0.25) is 14.4 Å². The minimum atomic E-state index is -0.509. The SMILES string of the molecule is CC(=O)[C@H]1CC[C@@H]([C@@H]2CCC3=CC(=O)CC[C@]3(C)C2=O)[C@]1(C)CCO. The lowest BCUT2D eigenvalue weighted by molar-refractivity contribution is -0.139. The van der Waals surface area contributed by atoms with Gasteiger partial charge < -0.3 is 5.11 Å². The molecule has 3 aliphatic rings. The van der Waals surface area contributed by atoms with Crippen molar-refractivity contribution in [2.75, 3.05) is 6.61 Å². The van der Waals surface area contributed by atoms with Crippen molar-refractivity contribution in [1.82, 2.24) is 0 Å². The van der Waals surface area contributed by atoms with Crippen molar-refractivity contribution in [2.45, 2.75) is 65.7 Å². The quantitative estimate of drug-likeness (QED) is 0.848. The Balaban J connectivity index is 1.92. The van der Waals surface area contributed by atoms with E-state index in [-0.39, 0.29) is 47.1 Å². The van der Waals surface area contributed by atoms with Crippen LogP contribution in [0.5, 0.6) is 0 Å². The van der Waals surface area contributed by atoms with E-state index in [1.54, 1.807) is 13.0 Å². The van der Waals surface area contributed by atoms with E-state index >= 15 is 0 Å². The van der Waals surface area contributed by atoms with Crippen LogP contribution in [0, 0.1) is 28.6 Å². The minimum absolute atomic E-state index is 0.0502. The van der Waals surface area contributed by atoms with E-state index in [4.69, 9.17) is 0 Å². The first kappa shape index (κ1) is 18.5. The van der Waals surface area contributed by atoms with E-state index < -0.39 is 5.41 Å². The third kappa shape index (κ3) is 2.83. The average Bonchev–Trinajstić information content (AvgIpc) is 2.87. The molecule has 0 aliphatic heterocycles. The summed E-state index contributed by atoms with van der Waals surface area (Å²) in [6.07, 6.45) is 6.61. The van der Waals surface area contributed by atoms with Crippen molar-refractivity contribution in [3.05, 3.63) is 11.6 Å². The predicted octanol–water partition coefficient (Wildman–Crippen LogP) is 3.27. The molecule has 3 rings (SSSR count). The van der Waals surface area contributed by atoms with E-state index in [1.807, 2.05) is 6.92 Å². The second-order valence-corrected chi connectivity index (χ2v) is 8.80. The lowest BCUT2D eigenvalue weighted by Crippen LogP contribution is -2.47. The Morgan fingerprint density at radius 2 is 1.92 bits per heavy atom. The van der Waals surface area contributed by atoms with Gasteiger partial charge in [0.25, 0.3) is 0 Å². The second kappa shape index (κ2) is 6.46. The third-order valence-electron chi connectivity index (χ3n) is 7.56. The van der Waals surface area contributed by atoms with Crippen LogP contribution >= 0.6 is 0 Å². The van der Waals surface area contributed by atoms with E-state index in [2.05, 4.69) is 6.92 Å². The number of hydrogen-bond donors (Lipinski definition) is 1. The van der Waals surface area contributed by atoms with Gasteiger partial charge in [-0.05, 0) is 69.8 Å². The summed E-state index contributed by atoms with van der Waals surface area (Å²) < 4.78 is 0. The van der Waals surface area contributed by atoms with E-state index in [1.165, 1.54) is 0 Å². The molecule has 138 valence electrons. The largest absolute Gasteiger partial charge is 0.396 e. The highest BCUT2D eigenvalue weighted by Crippen LogP contribution is 2.58. The maximum absolute atomic E-state index is 13.4. The fourth-order valence-corrected chi connectivity index (χ4v) is 6.02. The molecule has 3 aliphatic carbocycles. The number of aliphatic hydroxyl groups excluding tert-OH is 1. The number of aliphatic hydroxyl groups is 1. The van der Waals surface area contributed by atoms with Crippen LogP contribution in [0.1, 0.15) is 65.7 Å². The lowest BCUT2D eigenvalue weighted by Gasteiger charge is -2.46. The molecule has 0 saturated heterocycles. The van der Waals surface area contributed by atoms with Crippen molar-refractivity contribution >= 4 is 17.3 Å². The molecule has 1 N–H and O–H groups in total. The molecular weight excluding hydrogens is 316 g/mol. The highest BCUT2D eigenvalue weighted by Gasteiger charge is 2.56. The summed E-state index contributed by atoms with van der Waals surface area (Å²) in [6, 6.07) is 0. The summed E-state index contributed by atoms with van der Waals surface area (Å²) >= 11 is 0. The minimum Gasteiger partial charge on any atom is -0.396 e. The molecule has 0 heterocycles. The molecule has 2 saturated carbocycles. The number of allylic oxidation sites excluding steroid dienone is 2. The van der Waals surface area contributed by atoms with Gasteiger partial charge in [0.1, 0.15) is 11.6 Å². The average molecular weight is 346 g/mol. The lowest BCUT2D eigenvalue weighted by atomic mass is 9.56. The fourth-order valence-electron chi connectivity index (χ4n) is 6.02.